The lowest BCUT2D eigenvalue weighted by Crippen LogP contribution is -2.15. The maximum Gasteiger partial charge on any atom is 0.234 e. The van der Waals surface area contributed by atoms with Crippen molar-refractivity contribution in [3.8, 4) is 17.2 Å². The SMILES string of the molecule is C=CCn1c(C)nnc1SCC(=O)Nc1cc(OC)c(OC)c(OC)c1. The molecule has 0 aliphatic carbocycles. The molecule has 2 rings (SSSR count). The minimum atomic E-state index is -0.185. The molecule has 0 saturated carbocycles. The third-order valence-corrected chi connectivity index (χ3v) is 4.46. The van der Waals surface area contributed by atoms with Gasteiger partial charge in [-0.2, -0.15) is 0 Å². The fourth-order valence-corrected chi connectivity index (χ4v) is 3.08. The average Bonchev–Trinajstić information content (AvgIpc) is 2.99. The molecule has 1 aromatic carbocycles. The van der Waals surface area contributed by atoms with Gasteiger partial charge in [-0.15, -0.1) is 16.8 Å². The van der Waals surface area contributed by atoms with Crippen LogP contribution in [0.3, 0.4) is 0 Å². The number of nitrogens with zero attached hydrogens (tertiary/aromatic N) is 3. The number of aryl methyl sites for hydroxylation is 1. The molecule has 1 heterocycles. The van der Waals surface area contributed by atoms with Crippen LogP contribution in [0.1, 0.15) is 5.82 Å². The summed E-state index contributed by atoms with van der Waals surface area (Å²) in [5.41, 5.74) is 0.550. The highest BCUT2D eigenvalue weighted by molar-refractivity contribution is 7.99. The number of thioether (sulfide) groups is 1. The van der Waals surface area contributed by atoms with Gasteiger partial charge in [-0.1, -0.05) is 17.8 Å². The first-order chi connectivity index (χ1) is 12.5. The molecule has 140 valence electrons. The summed E-state index contributed by atoms with van der Waals surface area (Å²) >= 11 is 1.31. The minimum absolute atomic E-state index is 0.185. The fraction of sp³-hybridized carbons (Fsp3) is 0.353. The van der Waals surface area contributed by atoms with E-state index in [1.807, 2.05) is 11.5 Å². The van der Waals surface area contributed by atoms with Crippen molar-refractivity contribution in [2.24, 2.45) is 0 Å². The van der Waals surface area contributed by atoms with Crippen molar-refractivity contribution in [2.45, 2.75) is 18.6 Å². The van der Waals surface area contributed by atoms with E-state index in [1.54, 1.807) is 18.2 Å². The van der Waals surface area contributed by atoms with Gasteiger partial charge in [-0.05, 0) is 6.92 Å². The van der Waals surface area contributed by atoms with E-state index in [0.29, 0.717) is 34.6 Å². The molecule has 0 unspecified atom stereocenters. The van der Waals surface area contributed by atoms with Gasteiger partial charge < -0.3 is 24.1 Å². The highest BCUT2D eigenvalue weighted by Gasteiger charge is 2.15. The van der Waals surface area contributed by atoms with Crippen LogP contribution >= 0.6 is 11.8 Å². The summed E-state index contributed by atoms with van der Waals surface area (Å²) in [5.74, 6) is 2.18. The Kier molecular flexibility index (Phi) is 6.90. The lowest BCUT2D eigenvalue weighted by molar-refractivity contribution is -0.113. The third-order valence-electron chi connectivity index (χ3n) is 3.49. The standard InChI is InChI=1S/C17H22N4O4S/c1-6-7-21-11(2)19-20-17(21)26-10-15(22)18-12-8-13(23-3)16(25-5)14(9-12)24-4/h6,8-9H,1,7,10H2,2-5H3,(H,18,22). The van der Waals surface area contributed by atoms with Crippen LogP contribution in [0.25, 0.3) is 0 Å². The first-order valence-electron chi connectivity index (χ1n) is 7.77. The van der Waals surface area contributed by atoms with E-state index in [0.717, 1.165) is 5.82 Å². The summed E-state index contributed by atoms with van der Waals surface area (Å²) in [6, 6.07) is 3.35. The zero-order valence-electron chi connectivity index (χ0n) is 15.2. The number of carbonyl (C=O) groups excluding carboxylic acids is 1. The van der Waals surface area contributed by atoms with Gasteiger partial charge in [0, 0.05) is 24.4 Å². The fourth-order valence-electron chi connectivity index (χ4n) is 2.29. The van der Waals surface area contributed by atoms with Crippen molar-refractivity contribution in [3.63, 3.8) is 0 Å². The van der Waals surface area contributed by atoms with Crippen molar-refractivity contribution in [2.75, 3.05) is 32.4 Å². The van der Waals surface area contributed by atoms with Crippen LogP contribution < -0.4 is 19.5 Å². The average molecular weight is 378 g/mol. The van der Waals surface area contributed by atoms with Crippen molar-refractivity contribution < 1.29 is 19.0 Å². The molecule has 0 spiro atoms. The molecule has 0 radical (unpaired) electrons. The molecule has 26 heavy (non-hydrogen) atoms. The lowest BCUT2D eigenvalue weighted by Gasteiger charge is -2.14. The normalized spacial score (nSPS) is 10.3. The first-order valence-corrected chi connectivity index (χ1v) is 8.76. The van der Waals surface area contributed by atoms with Crippen LogP contribution in [-0.4, -0.2) is 47.8 Å². The number of benzene rings is 1. The molecule has 0 aliphatic heterocycles. The molecular formula is C17H22N4O4S. The molecule has 0 bridgehead atoms. The van der Waals surface area contributed by atoms with Crippen LogP contribution in [0.4, 0.5) is 5.69 Å². The van der Waals surface area contributed by atoms with E-state index in [9.17, 15) is 4.79 Å². The Morgan fingerprint density at radius 2 is 1.88 bits per heavy atom. The summed E-state index contributed by atoms with van der Waals surface area (Å²) in [6.45, 7) is 6.17. The quantitative estimate of drug-likeness (QED) is 0.530. The summed E-state index contributed by atoms with van der Waals surface area (Å²) < 4.78 is 17.7. The Morgan fingerprint density at radius 3 is 2.42 bits per heavy atom. The highest BCUT2D eigenvalue weighted by Crippen LogP contribution is 2.39. The summed E-state index contributed by atoms with van der Waals surface area (Å²) in [4.78, 5) is 12.3. The summed E-state index contributed by atoms with van der Waals surface area (Å²) in [6.07, 6.45) is 1.76. The van der Waals surface area contributed by atoms with Crippen molar-refractivity contribution in [3.05, 3.63) is 30.6 Å². The summed E-state index contributed by atoms with van der Waals surface area (Å²) in [7, 11) is 4.57. The van der Waals surface area contributed by atoms with Gasteiger partial charge in [0.15, 0.2) is 16.7 Å². The van der Waals surface area contributed by atoms with Gasteiger partial charge >= 0.3 is 0 Å². The molecular weight excluding hydrogens is 356 g/mol. The largest absolute Gasteiger partial charge is 0.493 e. The maximum absolute atomic E-state index is 12.3. The number of hydrogen-bond acceptors (Lipinski definition) is 7. The molecule has 1 amide bonds. The van der Waals surface area contributed by atoms with Crippen LogP contribution in [0.5, 0.6) is 17.2 Å². The number of allylic oxidation sites excluding steroid dienone is 1. The van der Waals surface area contributed by atoms with Crippen molar-refractivity contribution in [1.29, 1.82) is 0 Å². The zero-order chi connectivity index (χ0) is 19.1. The first kappa shape index (κ1) is 19.6. The topological polar surface area (TPSA) is 87.5 Å². The Labute approximate surface area is 156 Å². The molecule has 0 atom stereocenters. The van der Waals surface area contributed by atoms with E-state index < -0.39 is 0 Å². The Balaban J connectivity index is 2.07. The molecule has 9 heteroatoms. The van der Waals surface area contributed by atoms with Gasteiger partial charge in [0.05, 0.1) is 27.1 Å². The number of aromatic nitrogens is 3. The number of ether oxygens (including phenoxy) is 3. The van der Waals surface area contributed by atoms with Crippen LogP contribution in [0, 0.1) is 6.92 Å². The van der Waals surface area contributed by atoms with Gasteiger partial charge in [-0.3, -0.25) is 4.79 Å². The molecule has 8 nitrogen and oxygen atoms in total. The van der Waals surface area contributed by atoms with Crippen molar-refractivity contribution in [1.82, 2.24) is 14.8 Å². The molecule has 2 aromatic rings. The van der Waals surface area contributed by atoms with Gasteiger partial charge in [0.1, 0.15) is 5.82 Å². The van der Waals surface area contributed by atoms with E-state index >= 15 is 0 Å². The van der Waals surface area contributed by atoms with Crippen LogP contribution in [0.15, 0.2) is 29.9 Å². The molecule has 0 saturated heterocycles. The predicted molar refractivity (Wildman–Crippen MR) is 100 cm³/mol. The number of carbonyl (C=O) groups is 1. The number of rotatable bonds is 9. The van der Waals surface area contributed by atoms with E-state index in [-0.39, 0.29) is 11.7 Å². The molecule has 0 aliphatic rings. The lowest BCUT2D eigenvalue weighted by atomic mass is 10.2. The van der Waals surface area contributed by atoms with Gasteiger partial charge in [0.2, 0.25) is 11.7 Å². The second-order valence-corrected chi connectivity index (χ2v) is 6.12. The monoisotopic (exact) mass is 378 g/mol. The third kappa shape index (κ3) is 4.48. The van der Waals surface area contributed by atoms with Crippen molar-refractivity contribution >= 4 is 23.4 Å². The number of anilines is 1. The predicted octanol–water partition coefficient (Wildman–Crippen LogP) is 2.53. The second-order valence-electron chi connectivity index (χ2n) is 5.18. The number of methoxy groups -OCH3 is 3. The van der Waals surface area contributed by atoms with Crippen LogP contribution in [-0.2, 0) is 11.3 Å². The summed E-state index contributed by atoms with van der Waals surface area (Å²) in [5, 5.41) is 11.6. The number of amides is 1. The molecule has 0 fully saturated rings. The Morgan fingerprint density at radius 1 is 1.23 bits per heavy atom. The molecule has 1 N–H and O–H groups in total. The second kappa shape index (κ2) is 9.14. The Hall–Kier alpha value is -2.68. The molecule has 1 aromatic heterocycles. The smallest absolute Gasteiger partial charge is 0.234 e. The van der Waals surface area contributed by atoms with Gasteiger partial charge in [-0.25, -0.2) is 0 Å². The minimum Gasteiger partial charge on any atom is -0.493 e. The van der Waals surface area contributed by atoms with Gasteiger partial charge in [0.25, 0.3) is 0 Å². The van der Waals surface area contributed by atoms with E-state index in [1.165, 1.54) is 33.1 Å². The number of nitrogens with one attached hydrogen (secondary N) is 1. The highest BCUT2D eigenvalue weighted by atomic mass is 32.2. The maximum atomic E-state index is 12.3. The number of hydrogen-bond donors (Lipinski definition) is 1. The van der Waals surface area contributed by atoms with E-state index in [4.69, 9.17) is 14.2 Å². The Bertz CT molecular complexity index is 766. The van der Waals surface area contributed by atoms with Crippen LogP contribution in [0.2, 0.25) is 0 Å². The zero-order valence-corrected chi connectivity index (χ0v) is 16.1. The van der Waals surface area contributed by atoms with E-state index in [2.05, 4.69) is 22.1 Å².